The number of hydrogen-bond acceptors (Lipinski definition) is 5. The molecule has 1 amide bonds. The number of anilines is 1. The molecular formula is C20H22F3N3O3. The molecule has 0 saturated carbocycles. The van der Waals surface area contributed by atoms with Crippen molar-refractivity contribution in [2.75, 3.05) is 31.6 Å². The molecule has 1 atom stereocenters. The molecule has 156 valence electrons. The van der Waals surface area contributed by atoms with Crippen LogP contribution in [-0.4, -0.2) is 53.7 Å². The molecule has 29 heavy (non-hydrogen) atoms. The summed E-state index contributed by atoms with van der Waals surface area (Å²) in [5.74, 6) is 0.281. The first-order valence-corrected chi connectivity index (χ1v) is 9.14. The maximum Gasteiger partial charge on any atom is 0.418 e. The fraction of sp³-hybridized carbons (Fsp3) is 0.400. The maximum atomic E-state index is 13.3. The Bertz CT molecular complexity index is 843. The van der Waals surface area contributed by atoms with Gasteiger partial charge in [0.1, 0.15) is 5.75 Å². The van der Waals surface area contributed by atoms with Crippen molar-refractivity contribution < 1.29 is 27.8 Å². The highest BCUT2D eigenvalue weighted by Gasteiger charge is 2.37. The van der Waals surface area contributed by atoms with E-state index in [-0.39, 0.29) is 30.9 Å². The van der Waals surface area contributed by atoms with E-state index in [1.165, 1.54) is 11.1 Å². The van der Waals surface area contributed by atoms with Gasteiger partial charge in [0.05, 0.1) is 24.1 Å². The number of alkyl halides is 3. The highest BCUT2D eigenvalue weighted by Crippen LogP contribution is 2.36. The fourth-order valence-corrected chi connectivity index (χ4v) is 3.32. The van der Waals surface area contributed by atoms with Gasteiger partial charge in [0.25, 0.3) is 5.91 Å². The minimum Gasteiger partial charge on any atom is -0.484 e. The van der Waals surface area contributed by atoms with Crippen molar-refractivity contribution >= 4 is 11.6 Å². The summed E-state index contributed by atoms with van der Waals surface area (Å²) >= 11 is 0. The van der Waals surface area contributed by atoms with Gasteiger partial charge in [-0.1, -0.05) is 12.1 Å². The lowest BCUT2D eigenvalue weighted by atomic mass is 10.1. The Morgan fingerprint density at radius 1 is 1.31 bits per heavy atom. The second kappa shape index (κ2) is 8.69. The molecule has 1 aliphatic heterocycles. The highest BCUT2D eigenvalue weighted by molar-refractivity contribution is 5.78. The molecule has 1 aromatic carbocycles. The van der Waals surface area contributed by atoms with Crippen LogP contribution in [0.2, 0.25) is 0 Å². The molecule has 1 fully saturated rings. The summed E-state index contributed by atoms with van der Waals surface area (Å²) in [6, 6.07) is 7.45. The molecule has 0 spiro atoms. The number of aliphatic hydroxyl groups excluding tert-OH is 1. The second-order valence-corrected chi connectivity index (χ2v) is 6.87. The van der Waals surface area contributed by atoms with E-state index in [4.69, 9.17) is 9.84 Å². The predicted octanol–water partition coefficient (Wildman–Crippen LogP) is 2.71. The minimum absolute atomic E-state index is 0.000443. The summed E-state index contributed by atoms with van der Waals surface area (Å²) in [4.78, 5) is 19.4. The second-order valence-electron chi connectivity index (χ2n) is 6.87. The van der Waals surface area contributed by atoms with Crippen LogP contribution in [0.4, 0.5) is 18.9 Å². The molecule has 2 aromatic rings. The Balaban J connectivity index is 1.58. The molecule has 0 bridgehead atoms. The third kappa shape index (κ3) is 4.97. The molecule has 3 rings (SSSR count). The summed E-state index contributed by atoms with van der Waals surface area (Å²) < 4.78 is 45.3. The molecular weight excluding hydrogens is 387 g/mol. The number of rotatable bonds is 6. The van der Waals surface area contributed by atoms with E-state index < -0.39 is 11.7 Å². The van der Waals surface area contributed by atoms with E-state index in [0.717, 1.165) is 17.8 Å². The van der Waals surface area contributed by atoms with Gasteiger partial charge in [0, 0.05) is 32.4 Å². The van der Waals surface area contributed by atoms with Crippen molar-refractivity contribution in [2.45, 2.75) is 25.2 Å². The van der Waals surface area contributed by atoms with Gasteiger partial charge in [-0.2, -0.15) is 13.2 Å². The van der Waals surface area contributed by atoms with E-state index in [1.54, 1.807) is 36.2 Å². The van der Waals surface area contributed by atoms with Gasteiger partial charge in [-0.25, -0.2) is 0 Å². The minimum atomic E-state index is -4.47. The molecule has 0 aliphatic carbocycles. The average molecular weight is 409 g/mol. The Morgan fingerprint density at radius 3 is 2.69 bits per heavy atom. The molecule has 1 N–H and O–H groups in total. The molecule has 1 saturated heterocycles. The zero-order valence-electron chi connectivity index (χ0n) is 15.9. The number of ether oxygens (including phenoxy) is 1. The quantitative estimate of drug-likeness (QED) is 0.795. The van der Waals surface area contributed by atoms with Crippen molar-refractivity contribution in [3.63, 3.8) is 0 Å². The molecule has 6 nitrogen and oxygen atoms in total. The summed E-state index contributed by atoms with van der Waals surface area (Å²) in [5.41, 5.74) is -0.00307. The van der Waals surface area contributed by atoms with Crippen LogP contribution in [0.15, 0.2) is 42.7 Å². The third-order valence-corrected chi connectivity index (χ3v) is 5.02. The van der Waals surface area contributed by atoms with Crippen LogP contribution in [0.3, 0.4) is 0 Å². The molecule has 1 aliphatic rings. The number of nitrogens with zero attached hydrogens (tertiary/aromatic N) is 3. The fourth-order valence-electron chi connectivity index (χ4n) is 3.32. The number of likely N-dealkylation sites (tertiary alicyclic amines) is 1. The van der Waals surface area contributed by atoms with Crippen molar-refractivity contribution in [3.05, 3.63) is 53.9 Å². The van der Waals surface area contributed by atoms with Crippen LogP contribution in [0, 0.1) is 0 Å². The van der Waals surface area contributed by atoms with Gasteiger partial charge in [0.2, 0.25) is 0 Å². The van der Waals surface area contributed by atoms with E-state index in [0.29, 0.717) is 25.3 Å². The third-order valence-electron chi connectivity index (χ3n) is 5.02. The van der Waals surface area contributed by atoms with Crippen LogP contribution < -0.4 is 9.64 Å². The van der Waals surface area contributed by atoms with Gasteiger partial charge in [-0.3, -0.25) is 9.78 Å². The summed E-state index contributed by atoms with van der Waals surface area (Å²) in [6.07, 6.45) is -1.60. The normalized spacial score (nSPS) is 16.7. The van der Waals surface area contributed by atoms with Gasteiger partial charge in [-0.05, 0) is 30.2 Å². The van der Waals surface area contributed by atoms with E-state index in [1.807, 2.05) is 0 Å². The molecule has 2 heterocycles. The lowest BCUT2D eigenvalue weighted by molar-refractivity contribution is -0.137. The van der Waals surface area contributed by atoms with E-state index >= 15 is 0 Å². The SMILES string of the molecule is CN(c1cnccc1C(F)(F)F)C1CCN(C(=O)COc2ccc(CO)cc2)C1. The number of likely N-dealkylation sites (N-methyl/N-ethyl adjacent to an activating group) is 1. The smallest absolute Gasteiger partial charge is 0.418 e. The van der Waals surface area contributed by atoms with Crippen LogP contribution in [-0.2, 0) is 17.6 Å². The molecule has 1 aromatic heterocycles. The maximum absolute atomic E-state index is 13.3. The summed E-state index contributed by atoms with van der Waals surface area (Å²) in [6.45, 7) is 0.529. The van der Waals surface area contributed by atoms with Crippen molar-refractivity contribution in [1.29, 1.82) is 0 Å². The zero-order chi connectivity index (χ0) is 21.0. The van der Waals surface area contributed by atoms with Crippen LogP contribution in [0.25, 0.3) is 0 Å². The number of pyridine rings is 1. The first-order valence-electron chi connectivity index (χ1n) is 9.14. The first-order chi connectivity index (χ1) is 13.8. The number of aromatic nitrogens is 1. The van der Waals surface area contributed by atoms with E-state index in [2.05, 4.69) is 4.98 Å². The highest BCUT2D eigenvalue weighted by atomic mass is 19.4. The van der Waals surface area contributed by atoms with Crippen molar-refractivity contribution in [1.82, 2.24) is 9.88 Å². The molecule has 9 heteroatoms. The first kappa shape index (κ1) is 20.9. The lowest BCUT2D eigenvalue weighted by Crippen LogP contribution is -2.39. The van der Waals surface area contributed by atoms with Gasteiger partial charge in [0.15, 0.2) is 6.61 Å². The number of carbonyl (C=O) groups is 1. The molecule has 1 unspecified atom stereocenters. The largest absolute Gasteiger partial charge is 0.484 e. The monoisotopic (exact) mass is 409 g/mol. The Hall–Kier alpha value is -2.81. The van der Waals surface area contributed by atoms with Gasteiger partial charge < -0.3 is 19.6 Å². The lowest BCUT2D eigenvalue weighted by Gasteiger charge is -2.29. The van der Waals surface area contributed by atoms with Crippen molar-refractivity contribution in [3.8, 4) is 5.75 Å². The van der Waals surface area contributed by atoms with Crippen LogP contribution in [0.1, 0.15) is 17.5 Å². The van der Waals surface area contributed by atoms with Gasteiger partial charge in [-0.15, -0.1) is 0 Å². The number of aliphatic hydroxyl groups is 1. The summed E-state index contributed by atoms with van der Waals surface area (Å²) in [5, 5.41) is 9.03. The number of halogens is 3. The number of amides is 1. The number of hydrogen-bond donors (Lipinski definition) is 1. The topological polar surface area (TPSA) is 65.9 Å². The zero-order valence-corrected chi connectivity index (χ0v) is 15.9. The average Bonchev–Trinajstić information content (AvgIpc) is 3.21. The Morgan fingerprint density at radius 2 is 2.03 bits per heavy atom. The Labute approximate surface area is 166 Å². The number of carbonyl (C=O) groups excluding carboxylic acids is 1. The van der Waals surface area contributed by atoms with Crippen LogP contribution >= 0.6 is 0 Å². The van der Waals surface area contributed by atoms with E-state index in [9.17, 15) is 18.0 Å². The summed E-state index contributed by atoms with van der Waals surface area (Å²) in [7, 11) is 1.59. The molecule has 0 radical (unpaired) electrons. The number of benzene rings is 1. The van der Waals surface area contributed by atoms with Crippen LogP contribution in [0.5, 0.6) is 5.75 Å². The van der Waals surface area contributed by atoms with Gasteiger partial charge >= 0.3 is 6.18 Å². The van der Waals surface area contributed by atoms with Crippen molar-refractivity contribution in [2.24, 2.45) is 0 Å². The predicted molar refractivity (Wildman–Crippen MR) is 100 cm³/mol. The standard InChI is InChI=1S/C20H22F3N3O3/c1-25(18-10-24-8-6-17(18)20(21,22)23)15-7-9-26(11-15)19(28)13-29-16-4-2-14(12-27)3-5-16/h2-6,8,10,15,27H,7,9,11-13H2,1H3. The Kier molecular flexibility index (Phi) is 6.26.